The Hall–Kier alpha value is -1.61. The molecule has 2 rings (SSSR count). The molecule has 0 saturated heterocycles. The van der Waals surface area contributed by atoms with Crippen molar-refractivity contribution in [1.82, 2.24) is 15.1 Å². The van der Waals surface area contributed by atoms with Crippen LogP contribution in [-0.4, -0.2) is 23.4 Å². The molecular formula is C15H21N3. The maximum atomic E-state index is 4.60. The van der Waals surface area contributed by atoms with Crippen molar-refractivity contribution < 1.29 is 0 Å². The highest BCUT2D eigenvalue weighted by molar-refractivity contribution is 5.39. The number of likely N-dealkylation sites (N-methyl/N-ethyl adjacent to an activating group) is 1. The summed E-state index contributed by atoms with van der Waals surface area (Å²) >= 11 is 0. The Labute approximate surface area is 109 Å². The minimum absolute atomic E-state index is 0.985. The second-order valence-corrected chi connectivity index (χ2v) is 4.88. The number of hydrogen-bond donors (Lipinski definition) is 1. The lowest BCUT2D eigenvalue weighted by Gasteiger charge is -2.04. The normalized spacial score (nSPS) is 10.9. The second-order valence-electron chi connectivity index (χ2n) is 4.88. The van der Waals surface area contributed by atoms with E-state index in [0.29, 0.717) is 0 Å². The molecule has 0 aliphatic rings. The van der Waals surface area contributed by atoms with E-state index in [1.54, 1.807) is 0 Å². The molecule has 1 aromatic heterocycles. The van der Waals surface area contributed by atoms with Crippen LogP contribution in [0.3, 0.4) is 0 Å². The van der Waals surface area contributed by atoms with Gasteiger partial charge in [-0.2, -0.15) is 5.10 Å². The zero-order chi connectivity index (χ0) is 13.1. The third-order valence-electron chi connectivity index (χ3n) is 3.12. The van der Waals surface area contributed by atoms with E-state index in [9.17, 15) is 0 Å². The second kappa shape index (κ2) is 5.36. The van der Waals surface area contributed by atoms with Crippen molar-refractivity contribution in [1.29, 1.82) is 0 Å². The van der Waals surface area contributed by atoms with E-state index in [1.165, 1.54) is 16.7 Å². The number of aryl methyl sites for hydroxylation is 3. The van der Waals surface area contributed by atoms with Crippen molar-refractivity contribution >= 4 is 0 Å². The molecule has 3 nitrogen and oxygen atoms in total. The molecular weight excluding hydrogens is 222 g/mol. The number of aromatic nitrogens is 2. The van der Waals surface area contributed by atoms with Crippen LogP contribution in [0.1, 0.15) is 22.4 Å². The lowest BCUT2D eigenvalue weighted by molar-refractivity contribution is 0.788. The van der Waals surface area contributed by atoms with Gasteiger partial charge in [-0.05, 0) is 69.6 Å². The zero-order valence-electron chi connectivity index (χ0n) is 11.6. The predicted octanol–water partition coefficient (Wildman–Crippen LogP) is 2.56. The smallest absolute Gasteiger partial charge is 0.0651 e. The molecule has 0 bridgehead atoms. The van der Waals surface area contributed by atoms with Crippen molar-refractivity contribution in [3.63, 3.8) is 0 Å². The van der Waals surface area contributed by atoms with Crippen LogP contribution in [0.15, 0.2) is 24.4 Å². The molecule has 0 aliphatic carbocycles. The topological polar surface area (TPSA) is 29.9 Å². The highest BCUT2D eigenvalue weighted by Gasteiger charge is 2.06. The van der Waals surface area contributed by atoms with Gasteiger partial charge in [0.1, 0.15) is 0 Å². The molecule has 0 saturated carbocycles. The summed E-state index contributed by atoms with van der Waals surface area (Å²) < 4.78 is 1.99. The fraction of sp³-hybridized carbons (Fsp3) is 0.400. The van der Waals surface area contributed by atoms with Crippen LogP contribution in [0, 0.1) is 20.8 Å². The molecule has 2 aromatic rings. The molecule has 0 amide bonds. The fourth-order valence-electron chi connectivity index (χ4n) is 2.22. The lowest BCUT2D eigenvalue weighted by atomic mass is 10.1. The molecule has 1 heterocycles. The third-order valence-corrected chi connectivity index (χ3v) is 3.12. The first-order valence-corrected chi connectivity index (χ1v) is 6.38. The van der Waals surface area contributed by atoms with Crippen LogP contribution < -0.4 is 5.32 Å². The first-order valence-electron chi connectivity index (χ1n) is 6.38. The van der Waals surface area contributed by atoms with E-state index in [1.807, 2.05) is 11.7 Å². The maximum absolute atomic E-state index is 4.60. The Morgan fingerprint density at radius 1 is 1.11 bits per heavy atom. The van der Waals surface area contributed by atoms with Crippen LogP contribution in [0.25, 0.3) is 5.69 Å². The van der Waals surface area contributed by atoms with Gasteiger partial charge in [-0.3, -0.25) is 0 Å². The first kappa shape index (κ1) is 12.8. The number of hydrogen-bond acceptors (Lipinski definition) is 2. The van der Waals surface area contributed by atoms with Crippen molar-refractivity contribution in [2.45, 2.75) is 27.2 Å². The lowest BCUT2D eigenvalue weighted by Crippen LogP contribution is -2.10. The molecule has 18 heavy (non-hydrogen) atoms. The third kappa shape index (κ3) is 2.79. The number of nitrogens with one attached hydrogen (secondary N) is 1. The Bertz CT molecular complexity index is 520. The number of benzene rings is 1. The molecule has 0 atom stereocenters. The van der Waals surface area contributed by atoms with Crippen molar-refractivity contribution in [2.75, 3.05) is 13.6 Å². The fourth-order valence-corrected chi connectivity index (χ4v) is 2.22. The summed E-state index contributed by atoms with van der Waals surface area (Å²) in [6.07, 6.45) is 3.16. The van der Waals surface area contributed by atoms with E-state index in [2.05, 4.69) is 55.6 Å². The molecule has 96 valence electrons. The van der Waals surface area contributed by atoms with Crippen molar-refractivity contribution in [2.24, 2.45) is 0 Å². The van der Waals surface area contributed by atoms with Gasteiger partial charge in [-0.25, -0.2) is 4.68 Å². The minimum Gasteiger partial charge on any atom is -0.319 e. The Balaban J connectivity index is 2.33. The summed E-state index contributed by atoms with van der Waals surface area (Å²) in [6, 6.07) is 6.52. The Morgan fingerprint density at radius 2 is 1.78 bits per heavy atom. The Kier molecular flexibility index (Phi) is 3.82. The van der Waals surface area contributed by atoms with Crippen molar-refractivity contribution in [3.05, 3.63) is 46.8 Å². The minimum atomic E-state index is 0.985. The molecule has 0 spiro atoms. The van der Waals surface area contributed by atoms with Gasteiger partial charge < -0.3 is 5.32 Å². The Morgan fingerprint density at radius 3 is 2.39 bits per heavy atom. The molecule has 0 aliphatic heterocycles. The average molecular weight is 243 g/mol. The van der Waals surface area contributed by atoms with Crippen LogP contribution in [0.2, 0.25) is 0 Å². The molecule has 1 N–H and O–H groups in total. The molecule has 0 unspecified atom stereocenters. The zero-order valence-corrected chi connectivity index (χ0v) is 11.6. The van der Waals surface area contributed by atoms with Gasteiger partial charge in [0.2, 0.25) is 0 Å². The van der Waals surface area contributed by atoms with E-state index < -0.39 is 0 Å². The van der Waals surface area contributed by atoms with Gasteiger partial charge in [0.15, 0.2) is 0 Å². The van der Waals surface area contributed by atoms with Crippen LogP contribution >= 0.6 is 0 Å². The van der Waals surface area contributed by atoms with E-state index in [0.717, 1.165) is 24.3 Å². The summed E-state index contributed by atoms with van der Waals surface area (Å²) in [4.78, 5) is 0. The highest BCUT2D eigenvalue weighted by atomic mass is 15.3. The standard InChI is InChI=1S/C15H21N3/c1-11-7-12(2)9-15(8-11)18-10-14(5-6-16-4)13(3)17-18/h7-10,16H,5-6H2,1-4H3. The maximum Gasteiger partial charge on any atom is 0.0651 e. The quantitative estimate of drug-likeness (QED) is 0.894. The summed E-state index contributed by atoms with van der Waals surface area (Å²) in [6.45, 7) is 7.30. The average Bonchev–Trinajstić information content (AvgIpc) is 2.67. The van der Waals surface area contributed by atoms with E-state index >= 15 is 0 Å². The molecule has 0 fully saturated rings. The molecule has 3 heteroatoms. The molecule has 0 radical (unpaired) electrons. The van der Waals surface area contributed by atoms with E-state index in [4.69, 9.17) is 0 Å². The van der Waals surface area contributed by atoms with Gasteiger partial charge in [-0.1, -0.05) is 6.07 Å². The monoisotopic (exact) mass is 243 g/mol. The molecule has 1 aromatic carbocycles. The van der Waals surface area contributed by atoms with Crippen LogP contribution in [0.5, 0.6) is 0 Å². The van der Waals surface area contributed by atoms with Crippen molar-refractivity contribution in [3.8, 4) is 5.69 Å². The van der Waals surface area contributed by atoms with Crippen LogP contribution in [-0.2, 0) is 6.42 Å². The van der Waals surface area contributed by atoms with E-state index in [-0.39, 0.29) is 0 Å². The summed E-state index contributed by atoms with van der Waals surface area (Å²) in [5, 5.41) is 7.78. The summed E-state index contributed by atoms with van der Waals surface area (Å²) in [5.74, 6) is 0. The largest absolute Gasteiger partial charge is 0.319 e. The first-order chi connectivity index (χ1) is 8.60. The number of nitrogens with zero attached hydrogens (tertiary/aromatic N) is 2. The van der Waals surface area contributed by atoms with Gasteiger partial charge in [0.05, 0.1) is 11.4 Å². The predicted molar refractivity (Wildman–Crippen MR) is 75.4 cm³/mol. The SMILES string of the molecule is CNCCc1cn(-c2cc(C)cc(C)c2)nc1C. The van der Waals surface area contributed by atoms with Gasteiger partial charge in [0.25, 0.3) is 0 Å². The summed E-state index contributed by atoms with van der Waals surface area (Å²) in [5.41, 5.74) is 6.11. The van der Waals surface area contributed by atoms with Gasteiger partial charge in [-0.15, -0.1) is 0 Å². The summed E-state index contributed by atoms with van der Waals surface area (Å²) in [7, 11) is 1.98. The van der Waals surface area contributed by atoms with Gasteiger partial charge >= 0.3 is 0 Å². The van der Waals surface area contributed by atoms with Gasteiger partial charge in [0, 0.05) is 6.20 Å². The van der Waals surface area contributed by atoms with Crippen LogP contribution in [0.4, 0.5) is 0 Å². The highest BCUT2D eigenvalue weighted by Crippen LogP contribution is 2.15. The number of rotatable bonds is 4.